The number of nitrogens with one attached hydrogen (secondary N) is 1. The highest BCUT2D eigenvalue weighted by Gasteiger charge is 2.04. The molecule has 0 aliphatic carbocycles. The fraction of sp³-hybridized carbons (Fsp3) is 0.100. The summed E-state index contributed by atoms with van der Waals surface area (Å²) in [6.45, 7) is 4.01. The number of hydrogen-bond donors (Lipinski definition) is 1. The van der Waals surface area contributed by atoms with Gasteiger partial charge in [0.05, 0.1) is 9.20 Å². The van der Waals surface area contributed by atoms with Gasteiger partial charge in [-0.15, -0.1) is 11.3 Å². The predicted octanol–water partition coefficient (Wildman–Crippen LogP) is 3.20. The second-order valence-electron chi connectivity index (χ2n) is 5.81. The molecule has 0 bridgehead atoms. The Morgan fingerprint density at radius 2 is 1.96 bits per heavy atom. The zero-order valence-corrected chi connectivity index (χ0v) is 15.4. The Hall–Kier alpha value is -2.43. The van der Waals surface area contributed by atoms with Gasteiger partial charge in [0.15, 0.2) is 5.78 Å². The van der Waals surface area contributed by atoms with Crippen LogP contribution in [0.2, 0.25) is 5.02 Å². The maximum atomic E-state index is 12.3. The van der Waals surface area contributed by atoms with E-state index in [4.69, 9.17) is 11.6 Å². The van der Waals surface area contributed by atoms with E-state index in [1.54, 1.807) is 24.3 Å². The number of ketones is 1. The van der Waals surface area contributed by atoms with Gasteiger partial charge >= 0.3 is 0 Å². The van der Waals surface area contributed by atoms with Crippen LogP contribution in [-0.2, 0) is 0 Å². The molecule has 0 spiro atoms. The van der Waals surface area contributed by atoms with E-state index in [0.717, 1.165) is 16.7 Å². The van der Waals surface area contributed by atoms with Crippen LogP contribution in [0.25, 0.3) is 12.2 Å². The summed E-state index contributed by atoms with van der Waals surface area (Å²) in [5.41, 5.74) is 3.52. The highest BCUT2D eigenvalue weighted by atomic mass is 35.5. The lowest BCUT2D eigenvalue weighted by Crippen LogP contribution is -2.20. The first-order valence-corrected chi connectivity index (χ1v) is 8.91. The number of carbonyl (C=O) groups is 1. The number of hydrogen-bond acceptors (Lipinski definition) is 3. The quantitative estimate of drug-likeness (QED) is 0.721. The summed E-state index contributed by atoms with van der Waals surface area (Å²) in [4.78, 5) is 27.2. The predicted molar refractivity (Wildman–Crippen MR) is 104 cm³/mol. The second kappa shape index (κ2) is 7.21. The Balaban J connectivity index is 2.03. The fourth-order valence-corrected chi connectivity index (χ4v) is 3.49. The molecule has 126 valence electrons. The fourth-order valence-electron chi connectivity index (χ4n) is 2.43. The number of aromatic nitrogens is 1. The number of Topliss-reactive ketones (excluding diaryl/α,β-unsaturated/α-hetero) is 1. The third kappa shape index (κ3) is 4.16. The van der Waals surface area contributed by atoms with E-state index in [1.807, 2.05) is 38.1 Å². The lowest BCUT2D eigenvalue weighted by atomic mass is 10.1. The van der Waals surface area contributed by atoms with Crippen molar-refractivity contribution >= 4 is 40.9 Å². The molecule has 5 heteroatoms. The van der Waals surface area contributed by atoms with Crippen molar-refractivity contribution in [2.24, 2.45) is 0 Å². The number of carbonyl (C=O) groups excluding carboxylic acids is 1. The number of aromatic amines is 1. The molecule has 0 fully saturated rings. The largest absolute Gasteiger partial charge is 0.313 e. The van der Waals surface area contributed by atoms with Crippen LogP contribution in [-0.4, -0.2) is 10.8 Å². The Kier molecular flexibility index (Phi) is 5.02. The van der Waals surface area contributed by atoms with Gasteiger partial charge in [0.25, 0.3) is 5.56 Å². The van der Waals surface area contributed by atoms with E-state index >= 15 is 0 Å². The third-order valence-electron chi connectivity index (χ3n) is 3.77. The van der Waals surface area contributed by atoms with Crippen molar-refractivity contribution in [3.8, 4) is 0 Å². The van der Waals surface area contributed by atoms with Gasteiger partial charge in [0.1, 0.15) is 0 Å². The van der Waals surface area contributed by atoms with Crippen LogP contribution >= 0.6 is 22.9 Å². The van der Waals surface area contributed by atoms with E-state index in [-0.39, 0.29) is 11.3 Å². The number of halogens is 1. The van der Waals surface area contributed by atoms with Gasteiger partial charge < -0.3 is 4.98 Å². The number of benzene rings is 2. The zero-order valence-electron chi connectivity index (χ0n) is 13.8. The summed E-state index contributed by atoms with van der Waals surface area (Å²) < 4.78 is 1.09. The van der Waals surface area contributed by atoms with Crippen LogP contribution in [0.5, 0.6) is 0 Å². The first kappa shape index (κ1) is 17.4. The van der Waals surface area contributed by atoms with Crippen LogP contribution in [0.15, 0.2) is 47.3 Å². The molecule has 0 radical (unpaired) electrons. The molecule has 3 aromatic rings. The van der Waals surface area contributed by atoms with Gasteiger partial charge in [0.2, 0.25) is 0 Å². The highest BCUT2D eigenvalue weighted by Crippen LogP contribution is 2.12. The monoisotopic (exact) mass is 369 g/mol. The smallest absolute Gasteiger partial charge is 0.266 e. The van der Waals surface area contributed by atoms with Crippen molar-refractivity contribution in [3.05, 3.63) is 89.3 Å². The summed E-state index contributed by atoms with van der Waals surface area (Å²) in [6, 6.07) is 12.8. The Morgan fingerprint density at radius 1 is 1.16 bits per heavy atom. The van der Waals surface area contributed by atoms with Gasteiger partial charge in [-0.3, -0.25) is 9.59 Å². The molecule has 0 saturated heterocycles. The number of rotatable bonds is 3. The molecule has 0 unspecified atom stereocenters. The normalized spacial score (nSPS) is 12.6. The van der Waals surface area contributed by atoms with Crippen LogP contribution in [0.4, 0.5) is 0 Å². The van der Waals surface area contributed by atoms with Crippen molar-refractivity contribution in [2.45, 2.75) is 13.8 Å². The molecular formula is C20H16ClNO2S. The molecule has 0 atom stereocenters. The maximum absolute atomic E-state index is 12.3. The third-order valence-corrected chi connectivity index (χ3v) is 4.97. The van der Waals surface area contributed by atoms with E-state index in [1.165, 1.54) is 17.4 Å². The molecule has 3 nitrogen and oxygen atoms in total. The van der Waals surface area contributed by atoms with Crippen molar-refractivity contribution < 1.29 is 4.79 Å². The molecule has 1 heterocycles. The zero-order chi connectivity index (χ0) is 18.0. The Bertz CT molecular complexity index is 1130. The molecule has 2 aromatic carbocycles. The van der Waals surface area contributed by atoms with Crippen LogP contribution in [0.1, 0.15) is 27.0 Å². The van der Waals surface area contributed by atoms with Crippen molar-refractivity contribution in [3.63, 3.8) is 0 Å². The second-order valence-corrected chi connectivity index (χ2v) is 7.33. The Labute approximate surface area is 153 Å². The standard InChI is InChI=1S/C20H16ClNO2S/c1-12-6-7-13(2)15(8-12)10-18-20(24)22-19(25-18)11-17(23)14-4-3-5-16(21)9-14/h3-11H,1-2H3,(H,22,24)/b18-10-,19-11-. The number of H-pyrrole nitrogens is 1. The van der Waals surface area contributed by atoms with Gasteiger partial charge in [-0.1, -0.05) is 47.5 Å². The average molecular weight is 370 g/mol. The molecule has 0 aliphatic rings. The van der Waals surface area contributed by atoms with E-state index in [0.29, 0.717) is 19.8 Å². The first-order chi connectivity index (χ1) is 11.9. The molecule has 0 aliphatic heterocycles. The summed E-state index contributed by atoms with van der Waals surface area (Å²) in [5, 5.41) is 0.503. The van der Waals surface area contributed by atoms with Gasteiger partial charge in [0, 0.05) is 16.7 Å². The first-order valence-electron chi connectivity index (χ1n) is 7.72. The molecular weight excluding hydrogens is 354 g/mol. The molecule has 1 N–H and O–H groups in total. The molecule has 25 heavy (non-hydrogen) atoms. The van der Waals surface area contributed by atoms with Gasteiger partial charge in [-0.25, -0.2) is 0 Å². The summed E-state index contributed by atoms with van der Waals surface area (Å²) in [5.74, 6) is -0.196. The SMILES string of the molecule is Cc1ccc(C)c(/C=c2\s/c(=C\C(=O)c3cccc(Cl)c3)[nH]c2=O)c1. The van der Waals surface area contributed by atoms with Crippen LogP contribution in [0.3, 0.4) is 0 Å². The molecule has 1 aromatic heterocycles. The van der Waals surface area contributed by atoms with E-state index < -0.39 is 0 Å². The minimum atomic E-state index is -0.198. The molecule has 0 amide bonds. The van der Waals surface area contributed by atoms with E-state index in [9.17, 15) is 9.59 Å². The minimum Gasteiger partial charge on any atom is -0.313 e. The topological polar surface area (TPSA) is 49.9 Å². The number of aryl methyl sites for hydroxylation is 2. The molecule has 0 saturated carbocycles. The summed E-state index contributed by atoms with van der Waals surface area (Å²) in [7, 11) is 0. The Morgan fingerprint density at radius 3 is 2.72 bits per heavy atom. The van der Waals surface area contributed by atoms with Crippen molar-refractivity contribution in [2.75, 3.05) is 0 Å². The number of thiazole rings is 1. The van der Waals surface area contributed by atoms with Gasteiger partial charge in [-0.05, 0) is 43.2 Å². The van der Waals surface area contributed by atoms with Crippen LogP contribution < -0.4 is 14.8 Å². The van der Waals surface area contributed by atoms with Crippen molar-refractivity contribution in [1.29, 1.82) is 0 Å². The molecule has 3 rings (SSSR count). The van der Waals surface area contributed by atoms with E-state index in [2.05, 4.69) is 4.98 Å². The average Bonchev–Trinajstić information content (AvgIpc) is 2.90. The maximum Gasteiger partial charge on any atom is 0.266 e. The summed E-state index contributed by atoms with van der Waals surface area (Å²) in [6.07, 6.45) is 3.28. The lowest BCUT2D eigenvalue weighted by molar-refractivity contribution is 0.106. The van der Waals surface area contributed by atoms with Crippen molar-refractivity contribution in [1.82, 2.24) is 4.98 Å². The van der Waals surface area contributed by atoms with Gasteiger partial charge in [-0.2, -0.15) is 0 Å². The highest BCUT2D eigenvalue weighted by molar-refractivity contribution is 7.07. The summed E-state index contributed by atoms with van der Waals surface area (Å²) >= 11 is 7.18. The lowest BCUT2D eigenvalue weighted by Gasteiger charge is -2.00. The minimum absolute atomic E-state index is 0.196. The van der Waals surface area contributed by atoms with Crippen LogP contribution in [0, 0.1) is 13.8 Å².